The molecule has 2 aliphatic rings. The summed E-state index contributed by atoms with van der Waals surface area (Å²) in [7, 11) is 0. The van der Waals surface area contributed by atoms with E-state index < -0.39 is 28.9 Å². The number of hydrogen-bond acceptors (Lipinski definition) is 5. The fourth-order valence-corrected chi connectivity index (χ4v) is 5.52. The molecule has 2 heterocycles. The second-order valence-electron chi connectivity index (χ2n) is 7.18. The van der Waals surface area contributed by atoms with Gasteiger partial charge in [-0.15, -0.1) is 11.8 Å². The average Bonchev–Trinajstić information content (AvgIpc) is 3.28. The Bertz CT molecular complexity index is 921. The van der Waals surface area contributed by atoms with Gasteiger partial charge in [0.15, 0.2) is 6.10 Å². The number of nitrogens with one attached hydrogen (secondary N) is 1. The molecule has 2 amide bonds. The summed E-state index contributed by atoms with van der Waals surface area (Å²) < 4.78 is 5.45. The number of anilines is 1. The summed E-state index contributed by atoms with van der Waals surface area (Å²) >= 11 is 1.60. The van der Waals surface area contributed by atoms with Crippen LogP contribution in [0.3, 0.4) is 0 Å². The van der Waals surface area contributed by atoms with E-state index in [1.54, 1.807) is 28.8 Å². The zero-order chi connectivity index (χ0) is 20.4. The summed E-state index contributed by atoms with van der Waals surface area (Å²) in [6.07, 6.45) is 0.0986. The molecule has 1 N–H and O–H groups in total. The van der Waals surface area contributed by atoms with Crippen LogP contribution < -0.4 is 5.32 Å². The first-order chi connectivity index (χ1) is 14.0. The summed E-state index contributed by atoms with van der Waals surface area (Å²) in [6.45, 7) is 1.54. The van der Waals surface area contributed by atoms with Crippen molar-refractivity contribution < 1.29 is 19.1 Å². The number of carbonyl (C=O) groups excluding carboxylic acids is 3. The zero-order valence-corrected chi connectivity index (χ0v) is 16.9. The molecule has 29 heavy (non-hydrogen) atoms. The Morgan fingerprint density at radius 3 is 2.48 bits per heavy atom. The van der Waals surface area contributed by atoms with Gasteiger partial charge in [0.05, 0.1) is 0 Å². The van der Waals surface area contributed by atoms with E-state index in [2.05, 4.69) is 5.32 Å². The lowest BCUT2D eigenvalue weighted by Gasteiger charge is -2.33. The van der Waals surface area contributed by atoms with Gasteiger partial charge >= 0.3 is 5.97 Å². The van der Waals surface area contributed by atoms with Crippen LogP contribution >= 0.6 is 11.8 Å². The first kappa shape index (κ1) is 19.5. The maximum Gasteiger partial charge on any atom is 0.330 e. The Kier molecular flexibility index (Phi) is 5.32. The quantitative estimate of drug-likeness (QED) is 0.767. The number of thioether (sulfide) groups is 1. The lowest BCUT2D eigenvalue weighted by atomic mass is 10.0. The molecule has 7 heteroatoms. The predicted molar refractivity (Wildman–Crippen MR) is 111 cm³/mol. The molecule has 2 aliphatic heterocycles. The third-order valence-corrected chi connectivity index (χ3v) is 6.92. The minimum Gasteiger partial charge on any atom is -0.451 e. The van der Waals surface area contributed by atoms with Gasteiger partial charge in [0, 0.05) is 17.9 Å². The molecule has 3 atom stereocenters. The van der Waals surface area contributed by atoms with Gasteiger partial charge in [0.1, 0.15) is 10.9 Å². The van der Waals surface area contributed by atoms with Crippen molar-refractivity contribution in [1.29, 1.82) is 0 Å². The molecule has 0 unspecified atom stereocenters. The third kappa shape index (κ3) is 3.62. The molecule has 0 bridgehead atoms. The van der Waals surface area contributed by atoms with Gasteiger partial charge in [-0.25, -0.2) is 4.79 Å². The maximum absolute atomic E-state index is 12.9. The smallest absolute Gasteiger partial charge is 0.330 e. The molecule has 6 nitrogen and oxygen atoms in total. The van der Waals surface area contributed by atoms with Crippen LogP contribution in [0.4, 0.5) is 5.69 Å². The average molecular weight is 410 g/mol. The van der Waals surface area contributed by atoms with E-state index in [4.69, 9.17) is 4.74 Å². The molecule has 150 valence electrons. The van der Waals surface area contributed by atoms with Crippen molar-refractivity contribution in [1.82, 2.24) is 4.90 Å². The molecule has 2 saturated heterocycles. The first-order valence-electron chi connectivity index (χ1n) is 9.59. The summed E-state index contributed by atoms with van der Waals surface area (Å²) in [5, 5.41) is 2.72. The molecule has 0 aliphatic carbocycles. The van der Waals surface area contributed by atoms with Crippen LogP contribution in [0.25, 0.3) is 0 Å². The number of ether oxygens (including phenoxy) is 1. The molecule has 0 aromatic heterocycles. The van der Waals surface area contributed by atoms with E-state index in [-0.39, 0.29) is 5.91 Å². The number of hydrogen-bond donors (Lipinski definition) is 1. The van der Waals surface area contributed by atoms with Gasteiger partial charge in [-0.05, 0) is 31.0 Å². The van der Waals surface area contributed by atoms with Crippen LogP contribution in [-0.4, -0.2) is 40.6 Å². The van der Waals surface area contributed by atoms with Gasteiger partial charge in [-0.2, -0.15) is 0 Å². The number of nitrogens with zero attached hydrogens (tertiary/aromatic N) is 1. The van der Waals surface area contributed by atoms with E-state index in [9.17, 15) is 14.4 Å². The zero-order valence-electron chi connectivity index (χ0n) is 16.0. The summed E-state index contributed by atoms with van der Waals surface area (Å²) in [5.74, 6) is -0.548. The molecular weight excluding hydrogens is 388 g/mol. The van der Waals surface area contributed by atoms with Gasteiger partial charge in [-0.1, -0.05) is 48.5 Å². The molecule has 0 saturated carbocycles. The van der Waals surface area contributed by atoms with Gasteiger partial charge < -0.3 is 15.0 Å². The van der Waals surface area contributed by atoms with Crippen LogP contribution in [0.2, 0.25) is 0 Å². The summed E-state index contributed by atoms with van der Waals surface area (Å²) in [5.41, 5.74) is 1.65. The van der Waals surface area contributed by atoms with E-state index in [1.807, 2.05) is 48.5 Å². The third-order valence-electron chi connectivity index (χ3n) is 5.33. The Morgan fingerprint density at radius 2 is 1.79 bits per heavy atom. The number of rotatable bonds is 5. The highest BCUT2D eigenvalue weighted by Crippen LogP contribution is 2.54. The molecule has 0 radical (unpaired) electrons. The Labute approximate surface area is 173 Å². The van der Waals surface area contributed by atoms with Gasteiger partial charge in [0.2, 0.25) is 5.91 Å². The lowest BCUT2D eigenvalue weighted by Crippen LogP contribution is -2.48. The Hall–Kier alpha value is -2.80. The number of esters is 1. The topological polar surface area (TPSA) is 75.7 Å². The van der Waals surface area contributed by atoms with Crippen LogP contribution in [-0.2, 0) is 24.0 Å². The Morgan fingerprint density at radius 1 is 1.14 bits per heavy atom. The molecule has 2 aromatic carbocycles. The maximum atomic E-state index is 12.9. The SMILES string of the molecule is C[C@H](OC(=O)[C@@H]1CS[C@@]2(c3ccccc3)CCC(=O)N12)C(=O)Nc1ccccc1. The number of fused-ring (bicyclic) bond motifs is 1. The van der Waals surface area contributed by atoms with E-state index in [0.29, 0.717) is 24.3 Å². The highest BCUT2D eigenvalue weighted by atomic mass is 32.2. The number of carbonyl (C=O) groups is 3. The van der Waals surface area contributed by atoms with Gasteiger partial charge in [-0.3, -0.25) is 9.59 Å². The normalized spacial score (nSPS) is 24.1. The molecule has 2 aromatic rings. The van der Waals surface area contributed by atoms with Crippen LogP contribution in [0.1, 0.15) is 25.3 Å². The second kappa shape index (κ2) is 7.91. The standard InChI is InChI=1S/C22H22N2O4S/c1-15(20(26)23-17-10-6-3-7-11-17)28-21(27)18-14-29-22(13-12-19(25)24(18)22)16-8-4-2-5-9-16/h2-11,15,18H,12-14H2,1H3,(H,23,26)/t15-,18-,22+/m0/s1. The summed E-state index contributed by atoms with van der Waals surface area (Å²) in [6, 6.07) is 18.1. The monoisotopic (exact) mass is 410 g/mol. The van der Waals surface area contributed by atoms with E-state index >= 15 is 0 Å². The van der Waals surface area contributed by atoms with Crippen molar-refractivity contribution in [2.45, 2.75) is 36.8 Å². The minimum absolute atomic E-state index is 0.0535. The first-order valence-corrected chi connectivity index (χ1v) is 10.6. The van der Waals surface area contributed by atoms with Crippen LogP contribution in [0, 0.1) is 0 Å². The fourth-order valence-electron chi connectivity index (χ4n) is 3.89. The fraction of sp³-hybridized carbons (Fsp3) is 0.318. The van der Waals surface area contributed by atoms with Crippen molar-refractivity contribution in [3.8, 4) is 0 Å². The number of amides is 2. The van der Waals surface area contributed by atoms with E-state index in [0.717, 1.165) is 5.56 Å². The molecule has 0 spiro atoms. The van der Waals surface area contributed by atoms with Crippen LogP contribution in [0.15, 0.2) is 60.7 Å². The molecule has 4 rings (SSSR count). The van der Waals surface area contributed by atoms with Crippen molar-refractivity contribution in [2.24, 2.45) is 0 Å². The molecular formula is C22H22N2O4S. The Balaban J connectivity index is 1.46. The molecule has 2 fully saturated rings. The van der Waals surface area contributed by atoms with Crippen molar-refractivity contribution >= 4 is 35.2 Å². The minimum atomic E-state index is -0.961. The van der Waals surface area contributed by atoms with Crippen molar-refractivity contribution in [3.63, 3.8) is 0 Å². The van der Waals surface area contributed by atoms with E-state index in [1.165, 1.54) is 6.92 Å². The highest BCUT2D eigenvalue weighted by molar-refractivity contribution is 8.00. The van der Waals surface area contributed by atoms with Crippen molar-refractivity contribution in [2.75, 3.05) is 11.1 Å². The number of benzene rings is 2. The number of para-hydroxylation sites is 1. The second-order valence-corrected chi connectivity index (χ2v) is 8.47. The lowest BCUT2D eigenvalue weighted by molar-refractivity contribution is -0.160. The highest BCUT2D eigenvalue weighted by Gasteiger charge is 2.57. The van der Waals surface area contributed by atoms with Crippen molar-refractivity contribution in [3.05, 3.63) is 66.2 Å². The summed E-state index contributed by atoms with van der Waals surface area (Å²) in [4.78, 5) is 39.0. The predicted octanol–water partition coefficient (Wildman–Crippen LogP) is 3.15. The largest absolute Gasteiger partial charge is 0.451 e. The van der Waals surface area contributed by atoms with Gasteiger partial charge in [0.25, 0.3) is 5.91 Å². The van der Waals surface area contributed by atoms with Crippen LogP contribution in [0.5, 0.6) is 0 Å².